The number of carboxylic acid groups (broad SMARTS) is 1. The zero-order chi connectivity index (χ0) is 16.6. The second kappa shape index (κ2) is 9.20. The maximum atomic E-state index is 12.2. The summed E-state index contributed by atoms with van der Waals surface area (Å²) in [5, 5.41) is 11.6. The Hall–Kier alpha value is -1.79. The van der Waals surface area contributed by atoms with Crippen molar-refractivity contribution < 1.29 is 24.2 Å². The Morgan fingerprint density at radius 1 is 1.19 bits per heavy atom. The van der Waals surface area contributed by atoms with Crippen molar-refractivity contribution in [3.8, 4) is 0 Å². The predicted molar refractivity (Wildman–Crippen MR) is 77.9 cm³/mol. The molecule has 1 unspecified atom stereocenters. The van der Waals surface area contributed by atoms with E-state index in [9.17, 15) is 14.4 Å². The molecule has 21 heavy (non-hydrogen) atoms. The van der Waals surface area contributed by atoms with Gasteiger partial charge in [0.05, 0.1) is 6.61 Å². The number of nitrogens with zero attached hydrogens (tertiary/aromatic N) is 1. The zero-order valence-electron chi connectivity index (χ0n) is 13.4. The molecule has 0 spiro atoms. The maximum Gasteiger partial charge on any atom is 0.326 e. The van der Waals surface area contributed by atoms with Crippen molar-refractivity contribution in [1.29, 1.82) is 0 Å². The van der Waals surface area contributed by atoms with Gasteiger partial charge in [-0.25, -0.2) is 9.59 Å². The molecule has 1 atom stereocenters. The van der Waals surface area contributed by atoms with E-state index in [1.165, 1.54) is 4.90 Å². The lowest BCUT2D eigenvalue weighted by Gasteiger charge is -2.28. The van der Waals surface area contributed by atoms with Crippen LogP contribution in [-0.2, 0) is 14.3 Å². The van der Waals surface area contributed by atoms with Gasteiger partial charge in [0.1, 0.15) is 12.6 Å². The zero-order valence-corrected chi connectivity index (χ0v) is 13.4. The van der Waals surface area contributed by atoms with Crippen LogP contribution in [0.5, 0.6) is 0 Å². The summed E-state index contributed by atoms with van der Waals surface area (Å²) in [6.07, 6.45) is 0.326. The van der Waals surface area contributed by atoms with Crippen LogP contribution in [0.25, 0.3) is 0 Å². The molecule has 0 aromatic carbocycles. The first-order valence-corrected chi connectivity index (χ1v) is 7.14. The summed E-state index contributed by atoms with van der Waals surface area (Å²) < 4.78 is 4.81. The Morgan fingerprint density at radius 3 is 2.14 bits per heavy atom. The Balaban J connectivity index is 4.79. The minimum Gasteiger partial charge on any atom is -0.480 e. The Kier molecular flexibility index (Phi) is 8.42. The second-order valence-electron chi connectivity index (χ2n) is 5.50. The highest BCUT2D eigenvalue weighted by Gasteiger charge is 2.26. The first kappa shape index (κ1) is 19.2. The van der Waals surface area contributed by atoms with Crippen LogP contribution in [0.2, 0.25) is 0 Å². The molecule has 0 aliphatic rings. The third-order valence-electron chi connectivity index (χ3n) is 2.79. The van der Waals surface area contributed by atoms with E-state index in [4.69, 9.17) is 9.84 Å². The van der Waals surface area contributed by atoms with Crippen LogP contribution in [0.1, 0.15) is 41.0 Å². The second-order valence-corrected chi connectivity index (χ2v) is 5.50. The van der Waals surface area contributed by atoms with Crippen LogP contribution in [-0.4, -0.2) is 53.2 Å². The fourth-order valence-electron chi connectivity index (χ4n) is 1.76. The van der Waals surface area contributed by atoms with Crippen molar-refractivity contribution in [3.05, 3.63) is 0 Å². The monoisotopic (exact) mass is 302 g/mol. The topological polar surface area (TPSA) is 95.9 Å². The molecule has 0 aliphatic carbocycles. The van der Waals surface area contributed by atoms with Gasteiger partial charge in [-0.05, 0) is 33.1 Å². The first-order chi connectivity index (χ1) is 9.68. The number of hydrogen-bond acceptors (Lipinski definition) is 4. The third-order valence-corrected chi connectivity index (χ3v) is 2.79. The Morgan fingerprint density at radius 2 is 1.76 bits per heavy atom. The number of hydrogen-bond donors (Lipinski definition) is 2. The number of carboxylic acids is 1. The summed E-state index contributed by atoms with van der Waals surface area (Å²) in [5.41, 5.74) is 0. The van der Waals surface area contributed by atoms with E-state index < -0.39 is 24.0 Å². The third kappa shape index (κ3) is 7.53. The van der Waals surface area contributed by atoms with Crippen molar-refractivity contribution >= 4 is 18.0 Å². The van der Waals surface area contributed by atoms with Gasteiger partial charge < -0.3 is 20.1 Å². The van der Waals surface area contributed by atoms with Gasteiger partial charge in [-0.1, -0.05) is 13.8 Å². The standard InChI is InChI=1S/C14H26N2O5/c1-6-21-12(17)8-16(10(4)5)14(20)15-11(13(18)19)7-9(2)3/h9-11H,6-8H2,1-5H3,(H,15,20)(H,18,19). The molecule has 2 amide bonds. The van der Waals surface area contributed by atoms with E-state index in [2.05, 4.69) is 5.32 Å². The largest absolute Gasteiger partial charge is 0.480 e. The number of urea groups is 1. The molecule has 0 aromatic rings. The minimum absolute atomic E-state index is 0.129. The molecule has 0 rings (SSSR count). The summed E-state index contributed by atoms with van der Waals surface area (Å²) in [7, 11) is 0. The lowest BCUT2D eigenvalue weighted by atomic mass is 10.0. The summed E-state index contributed by atoms with van der Waals surface area (Å²) in [6.45, 7) is 8.96. The number of carbonyl (C=O) groups excluding carboxylic acids is 2. The molecular weight excluding hydrogens is 276 g/mol. The summed E-state index contributed by atoms with van der Waals surface area (Å²) in [5.74, 6) is -1.47. The molecule has 0 heterocycles. The highest BCUT2D eigenvalue weighted by atomic mass is 16.5. The molecule has 0 saturated heterocycles. The number of carbonyl (C=O) groups is 3. The van der Waals surface area contributed by atoms with Gasteiger partial charge in [-0.2, -0.15) is 0 Å². The SMILES string of the molecule is CCOC(=O)CN(C(=O)NC(CC(C)C)C(=O)O)C(C)C. The van der Waals surface area contributed by atoms with Crippen LogP contribution in [0.3, 0.4) is 0 Å². The quantitative estimate of drug-likeness (QED) is 0.662. The molecule has 0 bridgehead atoms. The van der Waals surface area contributed by atoms with Crippen LogP contribution < -0.4 is 5.32 Å². The number of ether oxygens (including phenoxy) is 1. The van der Waals surface area contributed by atoms with Crippen molar-refractivity contribution in [3.63, 3.8) is 0 Å². The van der Waals surface area contributed by atoms with E-state index in [1.54, 1.807) is 20.8 Å². The van der Waals surface area contributed by atoms with Gasteiger partial charge in [0, 0.05) is 6.04 Å². The van der Waals surface area contributed by atoms with Crippen molar-refractivity contribution in [2.45, 2.75) is 53.1 Å². The van der Waals surface area contributed by atoms with E-state index in [1.807, 2.05) is 13.8 Å². The van der Waals surface area contributed by atoms with Gasteiger partial charge >= 0.3 is 18.0 Å². The van der Waals surface area contributed by atoms with Crippen LogP contribution in [0.15, 0.2) is 0 Å². The van der Waals surface area contributed by atoms with Crippen molar-refractivity contribution in [2.24, 2.45) is 5.92 Å². The Labute approximate surface area is 125 Å². The average molecular weight is 302 g/mol. The van der Waals surface area contributed by atoms with E-state index in [-0.39, 0.29) is 25.1 Å². The average Bonchev–Trinajstić information content (AvgIpc) is 2.34. The lowest BCUT2D eigenvalue weighted by Crippen LogP contribution is -2.52. The van der Waals surface area contributed by atoms with Gasteiger partial charge in [0.25, 0.3) is 0 Å². The number of aliphatic carboxylic acids is 1. The number of nitrogens with one attached hydrogen (secondary N) is 1. The van der Waals surface area contributed by atoms with Crippen LogP contribution in [0.4, 0.5) is 4.79 Å². The molecule has 7 nitrogen and oxygen atoms in total. The van der Waals surface area contributed by atoms with Crippen molar-refractivity contribution in [1.82, 2.24) is 10.2 Å². The highest BCUT2D eigenvalue weighted by Crippen LogP contribution is 2.07. The molecule has 0 fully saturated rings. The fraction of sp³-hybridized carbons (Fsp3) is 0.786. The summed E-state index contributed by atoms with van der Waals surface area (Å²) in [4.78, 5) is 36.1. The van der Waals surface area contributed by atoms with E-state index >= 15 is 0 Å². The first-order valence-electron chi connectivity index (χ1n) is 7.14. The van der Waals surface area contributed by atoms with Gasteiger partial charge in [-0.3, -0.25) is 4.79 Å². The Bertz CT molecular complexity index is 368. The van der Waals surface area contributed by atoms with E-state index in [0.29, 0.717) is 6.42 Å². The summed E-state index contributed by atoms with van der Waals surface area (Å²) >= 11 is 0. The molecule has 0 aromatic heterocycles. The highest BCUT2D eigenvalue weighted by molar-refractivity contribution is 5.85. The normalized spacial score (nSPS) is 12.1. The summed E-state index contributed by atoms with van der Waals surface area (Å²) in [6, 6.07) is -1.80. The molecule has 122 valence electrons. The molecule has 2 N–H and O–H groups in total. The molecule has 0 radical (unpaired) electrons. The lowest BCUT2D eigenvalue weighted by molar-refractivity contribution is -0.144. The molecular formula is C14H26N2O5. The number of esters is 1. The van der Waals surface area contributed by atoms with Crippen LogP contribution in [0, 0.1) is 5.92 Å². The van der Waals surface area contributed by atoms with Gasteiger partial charge in [-0.15, -0.1) is 0 Å². The molecule has 0 aliphatic heterocycles. The predicted octanol–water partition coefficient (Wildman–Crippen LogP) is 1.47. The smallest absolute Gasteiger partial charge is 0.326 e. The van der Waals surface area contributed by atoms with Crippen molar-refractivity contribution in [2.75, 3.05) is 13.2 Å². The number of amides is 2. The van der Waals surface area contributed by atoms with E-state index in [0.717, 1.165) is 0 Å². The van der Waals surface area contributed by atoms with Gasteiger partial charge in [0.2, 0.25) is 0 Å². The molecule has 7 heteroatoms. The number of rotatable bonds is 8. The maximum absolute atomic E-state index is 12.2. The van der Waals surface area contributed by atoms with Gasteiger partial charge in [0.15, 0.2) is 0 Å². The molecule has 0 saturated carbocycles. The van der Waals surface area contributed by atoms with Crippen LogP contribution >= 0.6 is 0 Å². The minimum atomic E-state index is -1.09. The fourth-order valence-corrected chi connectivity index (χ4v) is 1.76.